The molecule has 25 heavy (non-hydrogen) atoms. The van der Waals surface area contributed by atoms with Crippen LogP contribution in [0.4, 0.5) is 5.00 Å². The summed E-state index contributed by atoms with van der Waals surface area (Å²) in [5.41, 5.74) is 1.97. The molecule has 2 aromatic heterocycles. The number of nitrogens with one attached hydrogen (secondary N) is 2. The Morgan fingerprint density at radius 2 is 2.12 bits per heavy atom. The van der Waals surface area contributed by atoms with Crippen molar-refractivity contribution in [3.63, 3.8) is 0 Å². The van der Waals surface area contributed by atoms with Gasteiger partial charge in [-0.3, -0.25) is 15.1 Å². The van der Waals surface area contributed by atoms with Crippen LogP contribution in [0.1, 0.15) is 44.0 Å². The highest BCUT2D eigenvalue weighted by Gasteiger charge is 2.26. The van der Waals surface area contributed by atoms with Crippen LogP contribution < -0.4 is 10.6 Å². The molecule has 0 spiro atoms. The molecule has 6 nitrogen and oxygen atoms in total. The molecule has 1 amide bonds. The van der Waals surface area contributed by atoms with E-state index in [1.54, 1.807) is 18.3 Å². The summed E-state index contributed by atoms with van der Waals surface area (Å²) in [6.45, 7) is 0. The van der Waals surface area contributed by atoms with E-state index in [0.29, 0.717) is 16.1 Å². The normalized spacial score (nSPS) is 12.8. The van der Waals surface area contributed by atoms with E-state index in [1.807, 2.05) is 0 Å². The number of esters is 1. The highest BCUT2D eigenvalue weighted by molar-refractivity contribution is 7.80. The van der Waals surface area contributed by atoms with Gasteiger partial charge in [0.2, 0.25) is 0 Å². The zero-order chi connectivity index (χ0) is 17.8. The molecule has 130 valence electrons. The Kier molecular flexibility index (Phi) is 5.40. The molecule has 0 saturated carbocycles. The lowest BCUT2D eigenvalue weighted by Crippen LogP contribution is -2.34. The van der Waals surface area contributed by atoms with Crippen molar-refractivity contribution in [3.05, 3.63) is 46.1 Å². The van der Waals surface area contributed by atoms with Crippen molar-refractivity contribution >= 4 is 45.5 Å². The molecule has 2 aromatic rings. The van der Waals surface area contributed by atoms with Gasteiger partial charge in [0.15, 0.2) is 5.11 Å². The largest absolute Gasteiger partial charge is 0.465 e. The van der Waals surface area contributed by atoms with Crippen molar-refractivity contribution in [1.82, 2.24) is 10.3 Å². The van der Waals surface area contributed by atoms with Crippen molar-refractivity contribution in [3.8, 4) is 0 Å². The lowest BCUT2D eigenvalue weighted by atomic mass is 9.95. The third-order valence-electron chi connectivity index (χ3n) is 3.94. The van der Waals surface area contributed by atoms with Crippen LogP contribution in [-0.4, -0.2) is 29.1 Å². The average molecular weight is 375 g/mol. The molecular formula is C17H17N3O3S2. The summed E-state index contributed by atoms with van der Waals surface area (Å²) in [5.74, 6) is -0.741. The molecule has 0 atom stereocenters. The smallest absolute Gasteiger partial charge is 0.341 e. The predicted molar refractivity (Wildman–Crippen MR) is 100 cm³/mol. The van der Waals surface area contributed by atoms with E-state index in [-0.39, 0.29) is 17.0 Å². The maximum absolute atomic E-state index is 12.2. The molecule has 0 bridgehead atoms. The number of hydrogen-bond acceptors (Lipinski definition) is 6. The fourth-order valence-corrected chi connectivity index (χ4v) is 4.32. The number of nitrogens with zero attached hydrogens (tertiary/aromatic N) is 1. The number of hydrogen-bond donors (Lipinski definition) is 2. The molecule has 0 saturated heterocycles. The first-order valence-corrected chi connectivity index (χ1v) is 9.08. The average Bonchev–Trinajstić information content (AvgIpc) is 2.99. The van der Waals surface area contributed by atoms with Crippen molar-refractivity contribution in [2.24, 2.45) is 0 Å². The minimum absolute atomic E-state index is 0.137. The van der Waals surface area contributed by atoms with Gasteiger partial charge in [-0.1, -0.05) is 0 Å². The highest BCUT2D eigenvalue weighted by atomic mass is 32.1. The summed E-state index contributed by atoms with van der Waals surface area (Å²) in [6.07, 6.45) is 7.01. The maximum Gasteiger partial charge on any atom is 0.341 e. The second-order valence-electron chi connectivity index (χ2n) is 5.56. The van der Waals surface area contributed by atoms with E-state index in [2.05, 4.69) is 15.6 Å². The van der Waals surface area contributed by atoms with E-state index >= 15 is 0 Å². The zero-order valence-corrected chi connectivity index (χ0v) is 15.3. The maximum atomic E-state index is 12.2. The summed E-state index contributed by atoms with van der Waals surface area (Å²) in [6, 6.07) is 3.32. The molecule has 1 aliphatic rings. The van der Waals surface area contributed by atoms with Crippen LogP contribution in [0.2, 0.25) is 0 Å². The first kappa shape index (κ1) is 17.5. The first-order valence-electron chi connectivity index (χ1n) is 7.85. The number of ether oxygens (including phenoxy) is 1. The number of pyridine rings is 1. The van der Waals surface area contributed by atoms with Crippen molar-refractivity contribution in [1.29, 1.82) is 0 Å². The lowest BCUT2D eigenvalue weighted by Gasteiger charge is -2.12. The Balaban J connectivity index is 1.78. The minimum atomic E-state index is -0.386. The Labute approximate surface area is 154 Å². The van der Waals surface area contributed by atoms with Gasteiger partial charge in [-0.25, -0.2) is 4.79 Å². The number of carbonyl (C=O) groups is 2. The standard InChI is InChI=1S/C17H17N3O3S2/c1-23-16(22)13-11-6-2-3-7-12(11)25-15(13)20-17(24)19-14(21)10-5-4-8-18-9-10/h4-5,8-9H,2-3,6-7H2,1H3,(H2,19,20,21,24). The van der Waals surface area contributed by atoms with Crippen LogP contribution in [0.3, 0.4) is 0 Å². The van der Waals surface area contributed by atoms with Crippen molar-refractivity contribution in [2.45, 2.75) is 25.7 Å². The number of thiophene rings is 1. The first-order chi connectivity index (χ1) is 12.1. The van der Waals surface area contributed by atoms with Crippen molar-refractivity contribution < 1.29 is 14.3 Å². The summed E-state index contributed by atoms with van der Waals surface area (Å²) in [5, 5.41) is 6.34. The molecule has 0 aliphatic heterocycles. The summed E-state index contributed by atoms with van der Waals surface area (Å²) >= 11 is 6.72. The number of amides is 1. The number of methoxy groups -OCH3 is 1. The molecule has 0 radical (unpaired) electrons. The second kappa shape index (κ2) is 7.71. The van der Waals surface area contributed by atoms with Gasteiger partial charge in [0.1, 0.15) is 5.00 Å². The van der Waals surface area contributed by atoms with Crippen LogP contribution in [0.25, 0.3) is 0 Å². The van der Waals surface area contributed by atoms with Crippen LogP contribution in [0, 0.1) is 0 Å². The Morgan fingerprint density at radius 3 is 2.84 bits per heavy atom. The summed E-state index contributed by atoms with van der Waals surface area (Å²) in [7, 11) is 1.36. The van der Waals surface area contributed by atoms with Gasteiger partial charge >= 0.3 is 5.97 Å². The van der Waals surface area contributed by atoms with Gasteiger partial charge in [0.25, 0.3) is 5.91 Å². The molecular weight excluding hydrogens is 358 g/mol. The molecule has 1 aliphatic carbocycles. The zero-order valence-electron chi connectivity index (χ0n) is 13.6. The number of aromatic nitrogens is 1. The third kappa shape index (κ3) is 3.85. The molecule has 8 heteroatoms. The van der Waals surface area contributed by atoms with E-state index in [0.717, 1.165) is 31.2 Å². The quantitative estimate of drug-likeness (QED) is 0.634. The minimum Gasteiger partial charge on any atom is -0.465 e. The van der Waals surface area contributed by atoms with E-state index < -0.39 is 0 Å². The molecule has 0 fully saturated rings. The SMILES string of the molecule is COC(=O)c1c(NC(=S)NC(=O)c2cccnc2)sc2c1CCCC2. The van der Waals surface area contributed by atoms with Gasteiger partial charge in [0.05, 0.1) is 18.2 Å². The van der Waals surface area contributed by atoms with E-state index in [9.17, 15) is 9.59 Å². The topological polar surface area (TPSA) is 80.3 Å². The monoisotopic (exact) mass is 375 g/mol. The Hall–Kier alpha value is -2.32. The van der Waals surface area contributed by atoms with Crippen molar-refractivity contribution in [2.75, 3.05) is 12.4 Å². The van der Waals surface area contributed by atoms with Gasteiger partial charge < -0.3 is 10.1 Å². The highest BCUT2D eigenvalue weighted by Crippen LogP contribution is 2.38. The van der Waals surface area contributed by atoms with Crippen LogP contribution >= 0.6 is 23.6 Å². The van der Waals surface area contributed by atoms with E-state index in [4.69, 9.17) is 17.0 Å². The number of anilines is 1. The lowest BCUT2D eigenvalue weighted by molar-refractivity contribution is 0.0601. The van der Waals surface area contributed by atoms with Gasteiger partial charge in [-0.15, -0.1) is 11.3 Å². The molecule has 0 unspecified atom stereocenters. The Morgan fingerprint density at radius 1 is 1.32 bits per heavy atom. The molecule has 3 rings (SSSR count). The number of aryl methyl sites for hydroxylation is 1. The third-order valence-corrected chi connectivity index (χ3v) is 5.35. The van der Waals surface area contributed by atoms with Gasteiger partial charge in [-0.2, -0.15) is 0 Å². The molecule has 0 aromatic carbocycles. The number of carbonyl (C=O) groups excluding carboxylic acids is 2. The van der Waals surface area contributed by atoms with Gasteiger partial charge in [0, 0.05) is 17.3 Å². The number of fused-ring (bicyclic) bond motifs is 1. The molecule has 2 heterocycles. The predicted octanol–water partition coefficient (Wildman–Crippen LogP) is 2.94. The number of thiocarbonyl (C=S) groups is 1. The summed E-state index contributed by atoms with van der Waals surface area (Å²) in [4.78, 5) is 29.4. The van der Waals surface area contributed by atoms with Crippen LogP contribution in [0.15, 0.2) is 24.5 Å². The van der Waals surface area contributed by atoms with Crippen LogP contribution in [-0.2, 0) is 17.6 Å². The summed E-state index contributed by atoms with van der Waals surface area (Å²) < 4.78 is 4.92. The Bertz CT molecular complexity index is 818. The fraction of sp³-hybridized carbons (Fsp3) is 0.294. The second-order valence-corrected chi connectivity index (χ2v) is 7.07. The molecule has 2 N–H and O–H groups in total. The van der Waals surface area contributed by atoms with Crippen LogP contribution in [0.5, 0.6) is 0 Å². The fourth-order valence-electron chi connectivity index (χ4n) is 2.78. The van der Waals surface area contributed by atoms with Gasteiger partial charge in [-0.05, 0) is 55.6 Å². The number of rotatable bonds is 3. The van der Waals surface area contributed by atoms with E-state index in [1.165, 1.54) is 29.5 Å².